The molecule has 2 heteroatoms. The van der Waals surface area contributed by atoms with Crippen molar-refractivity contribution in [1.82, 2.24) is 5.32 Å². The zero-order valence-electron chi connectivity index (χ0n) is 8.64. The highest BCUT2D eigenvalue weighted by atomic mass is 16.5. The first kappa shape index (κ1) is 10.7. The van der Waals surface area contributed by atoms with E-state index in [9.17, 15) is 0 Å². The lowest BCUT2D eigenvalue weighted by Crippen LogP contribution is -2.18. The first-order valence-electron chi connectivity index (χ1n) is 5.26. The highest BCUT2D eigenvalue weighted by Crippen LogP contribution is 2.16. The first-order valence-corrected chi connectivity index (χ1v) is 5.26. The summed E-state index contributed by atoms with van der Waals surface area (Å²) in [7, 11) is 0. The predicted molar refractivity (Wildman–Crippen MR) is 55.9 cm³/mol. The van der Waals surface area contributed by atoms with E-state index in [0.29, 0.717) is 6.10 Å². The molecule has 1 aliphatic rings. The van der Waals surface area contributed by atoms with Gasteiger partial charge >= 0.3 is 0 Å². The van der Waals surface area contributed by atoms with Gasteiger partial charge in [-0.15, -0.1) is 0 Å². The number of ether oxygens (including phenoxy) is 1. The zero-order valence-corrected chi connectivity index (χ0v) is 8.64. The average molecular weight is 183 g/mol. The van der Waals surface area contributed by atoms with Crippen molar-refractivity contribution >= 4 is 0 Å². The average Bonchev–Trinajstić information content (AvgIpc) is 2.55. The van der Waals surface area contributed by atoms with Crippen LogP contribution in [0.4, 0.5) is 0 Å². The van der Waals surface area contributed by atoms with Gasteiger partial charge in [-0.1, -0.05) is 12.2 Å². The first-order chi connectivity index (χ1) is 6.29. The second-order valence-corrected chi connectivity index (χ2v) is 3.91. The zero-order chi connectivity index (χ0) is 9.52. The molecule has 1 unspecified atom stereocenters. The molecule has 0 aromatic heterocycles. The van der Waals surface area contributed by atoms with Crippen LogP contribution in [0, 0.1) is 0 Å². The molecule has 1 rings (SSSR count). The van der Waals surface area contributed by atoms with Crippen molar-refractivity contribution in [3.63, 3.8) is 0 Å². The summed E-state index contributed by atoms with van der Waals surface area (Å²) in [6.07, 6.45) is 5.50. The van der Waals surface area contributed by atoms with Crippen LogP contribution in [-0.2, 0) is 4.74 Å². The Morgan fingerprint density at radius 2 is 2.46 bits per heavy atom. The third kappa shape index (κ3) is 5.06. The number of nitrogens with one attached hydrogen (secondary N) is 1. The van der Waals surface area contributed by atoms with Crippen molar-refractivity contribution in [1.29, 1.82) is 0 Å². The highest BCUT2D eigenvalue weighted by Gasteiger charge is 2.13. The molecule has 1 fully saturated rings. The lowest BCUT2D eigenvalue weighted by Gasteiger charge is -2.09. The number of hydrogen-bond acceptors (Lipinski definition) is 2. The Balaban J connectivity index is 1.86. The molecule has 0 saturated carbocycles. The van der Waals surface area contributed by atoms with Crippen LogP contribution in [0.1, 0.15) is 32.6 Å². The fraction of sp³-hybridized carbons (Fsp3) is 0.818. The molecule has 76 valence electrons. The van der Waals surface area contributed by atoms with Crippen LogP contribution in [0.5, 0.6) is 0 Å². The lowest BCUT2D eigenvalue weighted by molar-refractivity contribution is 0.102. The minimum absolute atomic E-state index is 0.548. The number of rotatable bonds is 6. The lowest BCUT2D eigenvalue weighted by atomic mass is 10.1. The van der Waals surface area contributed by atoms with Gasteiger partial charge in [0, 0.05) is 13.2 Å². The van der Waals surface area contributed by atoms with E-state index >= 15 is 0 Å². The van der Waals surface area contributed by atoms with E-state index in [0.717, 1.165) is 19.7 Å². The molecular formula is C11H21NO. The van der Waals surface area contributed by atoms with E-state index < -0.39 is 0 Å². The van der Waals surface area contributed by atoms with Crippen molar-refractivity contribution in [3.8, 4) is 0 Å². The van der Waals surface area contributed by atoms with Gasteiger partial charge in [0.15, 0.2) is 0 Å². The molecule has 0 amide bonds. The van der Waals surface area contributed by atoms with Gasteiger partial charge < -0.3 is 10.1 Å². The summed E-state index contributed by atoms with van der Waals surface area (Å²) in [5.41, 5.74) is 1.21. The largest absolute Gasteiger partial charge is 0.378 e. The van der Waals surface area contributed by atoms with Crippen LogP contribution in [0.2, 0.25) is 0 Å². The fourth-order valence-electron chi connectivity index (χ4n) is 1.63. The molecule has 0 bridgehead atoms. The molecule has 2 nitrogen and oxygen atoms in total. The summed E-state index contributed by atoms with van der Waals surface area (Å²) in [4.78, 5) is 0. The quantitative estimate of drug-likeness (QED) is 0.503. The Labute approximate surface area is 81.4 Å². The smallest absolute Gasteiger partial charge is 0.0576 e. The van der Waals surface area contributed by atoms with Gasteiger partial charge in [-0.2, -0.15) is 0 Å². The van der Waals surface area contributed by atoms with Crippen LogP contribution >= 0.6 is 0 Å². The van der Waals surface area contributed by atoms with Crippen LogP contribution < -0.4 is 5.32 Å². The number of hydrogen-bond donors (Lipinski definition) is 1. The third-order valence-corrected chi connectivity index (χ3v) is 2.33. The van der Waals surface area contributed by atoms with Gasteiger partial charge in [0.05, 0.1) is 6.10 Å². The minimum atomic E-state index is 0.548. The van der Waals surface area contributed by atoms with Crippen molar-refractivity contribution in [2.24, 2.45) is 0 Å². The normalized spacial score (nSPS) is 22.1. The Morgan fingerprint density at radius 3 is 3.08 bits per heavy atom. The summed E-state index contributed by atoms with van der Waals surface area (Å²) in [5, 5.41) is 3.35. The molecule has 0 aromatic rings. The molecular weight excluding hydrogens is 162 g/mol. The molecule has 1 saturated heterocycles. The van der Waals surface area contributed by atoms with Gasteiger partial charge in [0.2, 0.25) is 0 Å². The molecule has 1 atom stereocenters. The van der Waals surface area contributed by atoms with Gasteiger partial charge in [0.25, 0.3) is 0 Å². The van der Waals surface area contributed by atoms with E-state index in [-0.39, 0.29) is 0 Å². The molecule has 1 N–H and O–H groups in total. The van der Waals surface area contributed by atoms with E-state index in [4.69, 9.17) is 4.74 Å². The van der Waals surface area contributed by atoms with Crippen LogP contribution in [0.25, 0.3) is 0 Å². The Hall–Kier alpha value is -0.340. The van der Waals surface area contributed by atoms with Crippen LogP contribution in [-0.4, -0.2) is 25.8 Å². The van der Waals surface area contributed by atoms with Crippen molar-refractivity contribution in [2.45, 2.75) is 38.7 Å². The van der Waals surface area contributed by atoms with E-state index in [1.165, 1.54) is 31.3 Å². The van der Waals surface area contributed by atoms with E-state index in [1.54, 1.807) is 0 Å². The predicted octanol–water partition coefficient (Wildman–Crippen LogP) is 2.11. The second kappa shape index (κ2) is 6.17. The molecule has 0 spiro atoms. The van der Waals surface area contributed by atoms with Gasteiger partial charge in [-0.05, 0) is 39.2 Å². The second-order valence-electron chi connectivity index (χ2n) is 3.91. The standard InChI is InChI=1S/C11H21NO/c1-10(2)9-12-7-3-5-11-6-4-8-13-11/h11-12H,1,3-9H2,2H3. The Morgan fingerprint density at radius 1 is 1.62 bits per heavy atom. The maximum absolute atomic E-state index is 5.54. The maximum atomic E-state index is 5.54. The van der Waals surface area contributed by atoms with Gasteiger partial charge in [-0.3, -0.25) is 0 Å². The van der Waals surface area contributed by atoms with Crippen molar-refractivity contribution in [3.05, 3.63) is 12.2 Å². The molecule has 13 heavy (non-hydrogen) atoms. The summed E-state index contributed by atoms with van der Waals surface area (Å²) in [6, 6.07) is 0. The third-order valence-electron chi connectivity index (χ3n) is 2.33. The monoisotopic (exact) mass is 183 g/mol. The SMILES string of the molecule is C=C(C)CNCCCC1CCCO1. The summed E-state index contributed by atoms with van der Waals surface area (Å²) in [5.74, 6) is 0. The maximum Gasteiger partial charge on any atom is 0.0576 e. The summed E-state index contributed by atoms with van der Waals surface area (Å²) >= 11 is 0. The Kier molecular flexibility index (Phi) is 5.09. The molecule has 0 radical (unpaired) electrons. The van der Waals surface area contributed by atoms with Crippen molar-refractivity contribution < 1.29 is 4.74 Å². The summed E-state index contributed by atoms with van der Waals surface area (Å²) < 4.78 is 5.54. The summed E-state index contributed by atoms with van der Waals surface area (Å²) in [6.45, 7) is 8.91. The van der Waals surface area contributed by atoms with Crippen LogP contribution in [0.3, 0.4) is 0 Å². The van der Waals surface area contributed by atoms with Gasteiger partial charge in [-0.25, -0.2) is 0 Å². The van der Waals surface area contributed by atoms with Crippen molar-refractivity contribution in [2.75, 3.05) is 19.7 Å². The Bertz CT molecular complexity index is 150. The molecule has 1 heterocycles. The minimum Gasteiger partial charge on any atom is -0.378 e. The van der Waals surface area contributed by atoms with E-state index in [2.05, 4.69) is 11.9 Å². The van der Waals surface area contributed by atoms with Crippen LogP contribution in [0.15, 0.2) is 12.2 Å². The fourth-order valence-corrected chi connectivity index (χ4v) is 1.63. The molecule has 0 aromatic carbocycles. The van der Waals surface area contributed by atoms with E-state index in [1.807, 2.05) is 6.92 Å². The highest BCUT2D eigenvalue weighted by molar-refractivity contribution is 4.90. The molecule has 1 aliphatic heterocycles. The van der Waals surface area contributed by atoms with Gasteiger partial charge in [0.1, 0.15) is 0 Å². The molecule has 0 aliphatic carbocycles. The topological polar surface area (TPSA) is 21.3 Å².